The Labute approximate surface area is 156 Å². The van der Waals surface area contributed by atoms with Crippen LogP contribution in [0.1, 0.15) is 25.7 Å². The highest BCUT2D eigenvalue weighted by Crippen LogP contribution is 2.32. The summed E-state index contributed by atoms with van der Waals surface area (Å²) >= 11 is 12.2. The summed E-state index contributed by atoms with van der Waals surface area (Å²) < 4.78 is 0. The fourth-order valence-electron chi connectivity index (χ4n) is 3.50. The van der Waals surface area contributed by atoms with E-state index in [2.05, 4.69) is 31.2 Å². The molecule has 3 aromatic rings. The van der Waals surface area contributed by atoms with E-state index in [1.54, 1.807) is 6.20 Å². The summed E-state index contributed by atoms with van der Waals surface area (Å²) in [5, 5.41) is 5.07. The largest absolute Gasteiger partial charge is 0.360 e. The van der Waals surface area contributed by atoms with Gasteiger partial charge in [-0.05, 0) is 43.5 Å². The molecule has 5 nitrogen and oxygen atoms in total. The van der Waals surface area contributed by atoms with E-state index in [9.17, 15) is 0 Å². The van der Waals surface area contributed by atoms with Crippen molar-refractivity contribution in [3.8, 4) is 11.3 Å². The van der Waals surface area contributed by atoms with E-state index < -0.39 is 0 Å². The van der Waals surface area contributed by atoms with Crippen LogP contribution in [-0.4, -0.2) is 27.0 Å². The maximum atomic E-state index is 6.38. The van der Waals surface area contributed by atoms with Crippen LogP contribution in [0.3, 0.4) is 0 Å². The molecule has 0 bridgehead atoms. The van der Waals surface area contributed by atoms with Crippen LogP contribution in [0, 0.1) is 0 Å². The maximum absolute atomic E-state index is 6.38. The van der Waals surface area contributed by atoms with E-state index in [1.807, 2.05) is 24.4 Å². The Kier molecular flexibility index (Phi) is 4.79. The summed E-state index contributed by atoms with van der Waals surface area (Å²) in [6.07, 6.45) is 7.88. The van der Waals surface area contributed by atoms with Gasteiger partial charge in [0, 0.05) is 34.7 Å². The summed E-state index contributed by atoms with van der Waals surface area (Å²) in [5.74, 6) is 0.602. The summed E-state index contributed by atoms with van der Waals surface area (Å²) in [7, 11) is 0. The third-order valence-electron chi connectivity index (χ3n) is 4.75. The SMILES string of the molecule is ClN[C@H]1CCC[C@@H](Nc2ncc(Cl)c(-c3c[nH]c4ccccc34)n2)C1. The lowest BCUT2D eigenvalue weighted by Gasteiger charge is -2.28. The molecule has 1 fully saturated rings. The second kappa shape index (κ2) is 7.20. The molecular weight excluding hydrogens is 357 g/mol. The minimum atomic E-state index is 0.307. The molecule has 0 amide bonds. The lowest BCUT2D eigenvalue weighted by atomic mass is 9.92. The lowest BCUT2D eigenvalue weighted by molar-refractivity contribution is 0.390. The maximum Gasteiger partial charge on any atom is 0.223 e. The second-order valence-corrected chi connectivity index (χ2v) is 7.08. The van der Waals surface area contributed by atoms with Crippen molar-refractivity contribution in [2.75, 3.05) is 5.32 Å². The van der Waals surface area contributed by atoms with Gasteiger partial charge in [-0.1, -0.05) is 29.8 Å². The van der Waals surface area contributed by atoms with Crippen molar-refractivity contribution in [2.24, 2.45) is 0 Å². The van der Waals surface area contributed by atoms with Gasteiger partial charge in [0.05, 0.1) is 16.9 Å². The number of nitrogens with zero attached hydrogens (tertiary/aromatic N) is 2. The van der Waals surface area contributed by atoms with E-state index in [0.29, 0.717) is 23.1 Å². The van der Waals surface area contributed by atoms with E-state index in [0.717, 1.165) is 47.8 Å². The van der Waals surface area contributed by atoms with Crippen molar-refractivity contribution in [3.63, 3.8) is 0 Å². The van der Waals surface area contributed by atoms with Crippen molar-refractivity contribution < 1.29 is 0 Å². The summed E-state index contributed by atoms with van der Waals surface area (Å²) in [4.78, 5) is 15.2. The Morgan fingerprint density at radius 2 is 2.00 bits per heavy atom. The third kappa shape index (κ3) is 3.45. The molecule has 7 heteroatoms. The number of hydrogen-bond donors (Lipinski definition) is 3. The van der Waals surface area contributed by atoms with Gasteiger partial charge < -0.3 is 10.3 Å². The number of aromatic amines is 1. The summed E-state index contributed by atoms with van der Waals surface area (Å²) in [6.45, 7) is 0. The monoisotopic (exact) mass is 375 g/mol. The van der Waals surface area contributed by atoms with Crippen molar-refractivity contribution >= 4 is 40.2 Å². The van der Waals surface area contributed by atoms with Gasteiger partial charge >= 0.3 is 0 Å². The summed E-state index contributed by atoms with van der Waals surface area (Å²) in [6, 6.07) is 8.74. The number of benzene rings is 1. The molecule has 2 atom stereocenters. The Morgan fingerprint density at radius 1 is 1.16 bits per heavy atom. The highest BCUT2D eigenvalue weighted by molar-refractivity contribution is 6.33. The zero-order valence-electron chi connectivity index (χ0n) is 13.6. The van der Waals surface area contributed by atoms with Crippen molar-refractivity contribution in [2.45, 2.75) is 37.8 Å². The Balaban J connectivity index is 1.63. The molecule has 0 radical (unpaired) electrons. The number of halogens is 2. The van der Waals surface area contributed by atoms with Gasteiger partial charge in [-0.3, -0.25) is 0 Å². The molecule has 3 N–H and O–H groups in total. The van der Waals surface area contributed by atoms with Gasteiger partial charge in [-0.2, -0.15) is 0 Å². The molecule has 0 spiro atoms. The number of aromatic nitrogens is 3. The Hall–Kier alpha value is -1.82. The molecule has 1 aromatic carbocycles. The third-order valence-corrected chi connectivity index (χ3v) is 5.34. The van der Waals surface area contributed by atoms with Crippen LogP contribution in [-0.2, 0) is 0 Å². The van der Waals surface area contributed by atoms with E-state index in [-0.39, 0.29) is 0 Å². The van der Waals surface area contributed by atoms with Gasteiger partial charge in [0.2, 0.25) is 5.95 Å². The molecule has 1 saturated carbocycles. The first-order chi connectivity index (χ1) is 12.2. The highest BCUT2D eigenvalue weighted by Gasteiger charge is 2.22. The van der Waals surface area contributed by atoms with Crippen LogP contribution in [0.2, 0.25) is 5.02 Å². The zero-order chi connectivity index (χ0) is 17.2. The molecule has 130 valence electrons. The van der Waals surface area contributed by atoms with Gasteiger partial charge in [-0.15, -0.1) is 0 Å². The first-order valence-electron chi connectivity index (χ1n) is 8.46. The zero-order valence-corrected chi connectivity index (χ0v) is 15.1. The van der Waals surface area contributed by atoms with Crippen LogP contribution in [0.15, 0.2) is 36.7 Å². The second-order valence-electron chi connectivity index (χ2n) is 6.45. The number of nitrogens with one attached hydrogen (secondary N) is 3. The topological polar surface area (TPSA) is 65.6 Å². The van der Waals surface area contributed by atoms with Crippen LogP contribution in [0.25, 0.3) is 22.2 Å². The highest BCUT2D eigenvalue weighted by atomic mass is 35.5. The number of para-hydroxylation sites is 1. The predicted octanol–water partition coefficient (Wildman–Crippen LogP) is 4.74. The standard InChI is InChI=1S/C18H19Cl2N5/c19-15-10-22-18(23-11-4-3-5-12(8-11)25-20)24-17(15)14-9-21-16-7-2-1-6-13(14)16/h1-2,6-7,9-12,21,25H,3-5,8H2,(H,22,23,24)/t11-,12+/m1/s1. The van der Waals surface area contributed by atoms with Crippen molar-refractivity contribution in [1.29, 1.82) is 0 Å². The van der Waals surface area contributed by atoms with Gasteiger partial charge in [0.25, 0.3) is 0 Å². The van der Waals surface area contributed by atoms with Crippen LogP contribution < -0.4 is 10.2 Å². The molecule has 2 aromatic heterocycles. The number of H-pyrrole nitrogens is 1. The Morgan fingerprint density at radius 3 is 2.88 bits per heavy atom. The van der Waals surface area contributed by atoms with Gasteiger partial charge in [-0.25, -0.2) is 14.8 Å². The average molecular weight is 376 g/mol. The smallest absolute Gasteiger partial charge is 0.223 e. The molecule has 25 heavy (non-hydrogen) atoms. The fourth-order valence-corrected chi connectivity index (χ4v) is 3.89. The first-order valence-corrected chi connectivity index (χ1v) is 9.22. The van der Waals surface area contributed by atoms with Crippen LogP contribution in [0.4, 0.5) is 5.95 Å². The fraction of sp³-hybridized carbons (Fsp3) is 0.333. The van der Waals surface area contributed by atoms with E-state index in [4.69, 9.17) is 23.4 Å². The minimum Gasteiger partial charge on any atom is -0.360 e. The normalized spacial score (nSPS) is 20.7. The molecule has 2 heterocycles. The van der Waals surface area contributed by atoms with E-state index >= 15 is 0 Å². The first kappa shape index (κ1) is 16.6. The molecule has 0 saturated heterocycles. The molecule has 1 aliphatic carbocycles. The minimum absolute atomic E-state index is 0.307. The molecule has 4 rings (SSSR count). The van der Waals surface area contributed by atoms with Crippen LogP contribution >= 0.6 is 23.4 Å². The van der Waals surface area contributed by atoms with Gasteiger partial charge in [0.1, 0.15) is 0 Å². The lowest BCUT2D eigenvalue weighted by Crippen LogP contribution is -2.35. The van der Waals surface area contributed by atoms with Crippen molar-refractivity contribution in [1.82, 2.24) is 19.8 Å². The average Bonchev–Trinajstić information content (AvgIpc) is 3.07. The van der Waals surface area contributed by atoms with Crippen molar-refractivity contribution in [3.05, 3.63) is 41.7 Å². The molecule has 0 unspecified atom stereocenters. The molecular formula is C18H19Cl2N5. The number of hydrogen-bond acceptors (Lipinski definition) is 4. The Bertz CT molecular complexity index is 879. The predicted molar refractivity (Wildman–Crippen MR) is 103 cm³/mol. The number of fused-ring (bicyclic) bond motifs is 1. The van der Waals surface area contributed by atoms with Crippen LogP contribution in [0.5, 0.6) is 0 Å². The summed E-state index contributed by atoms with van der Waals surface area (Å²) in [5.41, 5.74) is 2.78. The van der Waals surface area contributed by atoms with Gasteiger partial charge in [0.15, 0.2) is 0 Å². The van der Waals surface area contributed by atoms with E-state index in [1.165, 1.54) is 0 Å². The molecule has 0 aliphatic heterocycles. The quantitative estimate of drug-likeness (QED) is 0.575. The molecule has 1 aliphatic rings. The number of anilines is 1. The number of rotatable bonds is 4.